The van der Waals surface area contributed by atoms with Crippen molar-refractivity contribution in [3.63, 3.8) is 0 Å². The van der Waals surface area contributed by atoms with E-state index in [4.69, 9.17) is 5.11 Å². The summed E-state index contributed by atoms with van der Waals surface area (Å²) >= 11 is 0.967. The van der Waals surface area contributed by atoms with Gasteiger partial charge in [-0.15, -0.1) is 0 Å². The van der Waals surface area contributed by atoms with E-state index >= 15 is 0 Å². The van der Waals surface area contributed by atoms with Crippen LogP contribution in [0.4, 0.5) is 0 Å². The Morgan fingerprint density at radius 3 is 2.79 bits per heavy atom. The molecule has 0 radical (unpaired) electrons. The van der Waals surface area contributed by atoms with Gasteiger partial charge in [-0.3, -0.25) is 14.4 Å². The third-order valence-electron chi connectivity index (χ3n) is 2.13. The third kappa shape index (κ3) is 2.25. The monoisotopic (exact) mass is 218 g/mol. The molecule has 1 saturated heterocycles. The maximum absolute atomic E-state index is 11.2. The van der Waals surface area contributed by atoms with Crippen molar-refractivity contribution < 1.29 is 24.2 Å². The van der Waals surface area contributed by atoms with Crippen molar-refractivity contribution in [3.8, 4) is 0 Å². The van der Waals surface area contributed by atoms with Crippen molar-refractivity contribution in [3.05, 3.63) is 0 Å². The van der Waals surface area contributed by atoms with Crippen LogP contribution in [0.1, 0.15) is 6.42 Å². The number of carboxylic acid groups (broad SMARTS) is 1. The van der Waals surface area contributed by atoms with E-state index in [0.717, 1.165) is 11.8 Å². The van der Waals surface area contributed by atoms with E-state index in [0.29, 0.717) is 0 Å². The number of ether oxygens (including phenoxy) is 1. The first-order valence-corrected chi connectivity index (χ1v) is 5.01. The van der Waals surface area contributed by atoms with Gasteiger partial charge in [0.05, 0.1) is 25.4 Å². The van der Waals surface area contributed by atoms with Gasteiger partial charge in [-0.25, -0.2) is 0 Å². The first-order valence-electron chi connectivity index (χ1n) is 4.02. The quantitative estimate of drug-likeness (QED) is 0.679. The molecular weight excluding hydrogens is 208 g/mol. The van der Waals surface area contributed by atoms with E-state index < -0.39 is 23.8 Å². The van der Waals surface area contributed by atoms with E-state index in [9.17, 15) is 14.4 Å². The van der Waals surface area contributed by atoms with Crippen LogP contribution in [0.3, 0.4) is 0 Å². The third-order valence-corrected chi connectivity index (χ3v) is 3.24. The van der Waals surface area contributed by atoms with E-state index in [1.165, 1.54) is 7.11 Å². The standard InChI is InChI=1S/C8H10O5S/c1-13-6(9)2-4-5(7(10)11)3-14-8(4)12/h4-5H,2-3H2,1H3,(H,10,11). The van der Waals surface area contributed by atoms with Crippen molar-refractivity contribution in [1.29, 1.82) is 0 Å². The molecule has 1 aliphatic heterocycles. The summed E-state index contributed by atoms with van der Waals surface area (Å²) in [5.74, 6) is -2.82. The number of hydrogen-bond acceptors (Lipinski definition) is 5. The minimum absolute atomic E-state index is 0.140. The van der Waals surface area contributed by atoms with Crippen LogP contribution in [-0.4, -0.2) is 35.0 Å². The van der Waals surface area contributed by atoms with Gasteiger partial charge >= 0.3 is 11.9 Å². The van der Waals surface area contributed by atoms with Gasteiger partial charge in [-0.2, -0.15) is 0 Å². The molecule has 0 aliphatic carbocycles. The van der Waals surface area contributed by atoms with Gasteiger partial charge in [0.15, 0.2) is 5.12 Å². The van der Waals surface area contributed by atoms with Crippen molar-refractivity contribution in [1.82, 2.24) is 0 Å². The summed E-state index contributed by atoms with van der Waals surface area (Å²) in [5.41, 5.74) is 0. The molecule has 1 fully saturated rings. The molecule has 14 heavy (non-hydrogen) atoms. The van der Waals surface area contributed by atoms with E-state index in [2.05, 4.69) is 4.74 Å². The normalized spacial score (nSPS) is 26.2. The molecule has 1 aliphatic rings. The van der Waals surface area contributed by atoms with Crippen LogP contribution in [0.15, 0.2) is 0 Å². The molecular formula is C8H10O5S. The predicted molar refractivity (Wildman–Crippen MR) is 48.7 cm³/mol. The molecule has 6 heteroatoms. The Kier molecular flexibility index (Phi) is 3.51. The van der Waals surface area contributed by atoms with Crippen molar-refractivity contribution >= 4 is 28.8 Å². The number of esters is 1. The van der Waals surface area contributed by atoms with Crippen LogP contribution >= 0.6 is 11.8 Å². The topological polar surface area (TPSA) is 80.7 Å². The maximum Gasteiger partial charge on any atom is 0.308 e. The van der Waals surface area contributed by atoms with Gasteiger partial charge in [-0.1, -0.05) is 11.8 Å². The average molecular weight is 218 g/mol. The summed E-state index contributed by atoms with van der Waals surface area (Å²) in [5, 5.41) is 8.54. The maximum atomic E-state index is 11.2. The summed E-state index contributed by atoms with van der Waals surface area (Å²) in [7, 11) is 1.21. The SMILES string of the molecule is COC(=O)CC1C(=O)SCC1C(=O)O. The highest BCUT2D eigenvalue weighted by Gasteiger charge is 2.41. The molecule has 1 rings (SSSR count). The molecule has 78 valence electrons. The molecule has 1 heterocycles. The number of thioether (sulfide) groups is 1. The van der Waals surface area contributed by atoms with Gasteiger partial charge in [-0.05, 0) is 0 Å². The highest BCUT2D eigenvalue weighted by Crippen LogP contribution is 2.34. The minimum atomic E-state index is -1.03. The minimum Gasteiger partial charge on any atom is -0.481 e. The van der Waals surface area contributed by atoms with Gasteiger partial charge in [0.2, 0.25) is 0 Å². The highest BCUT2D eigenvalue weighted by atomic mass is 32.2. The fourth-order valence-corrected chi connectivity index (χ4v) is 2.47. The number of carbonyl (C=O) groups excluding carboxylic acids is 2. The molecule has 2 atom stereocenters. The second-order valence-electron chi connectivity index (χ2n) is 2.96. The zero-order chi connectivity index (χ0) is 10.7. The van der Waals surface area contributed by atoms with Crippen LogP contribution < -0.4 is 0 Å². The molecule has 0 aromatic heterocycles. The molecule has 1 N–H and O–H groups in total. The van der Waals surface area contributed by atoms with Crippen LogP contribution in [0.5, 0.6) is 0 Å². The van der Waals surface area contributed by atoms with Crippen LogP contribution in [0.2, 0.25) is 0 Å². The second-order valence-corrected chi connectivity index (χ2v) is 3.99. The number of rotatable bonds is 3. The van der Waals surface area contributed by atoms with Crippen LogP contribution in [0.25, 0.3) is 0 Å². The summed E-state index contributed by atoms with van der Waals surface area (Å²) < 4.78 is 4.40. The lowest BCUT2D eigenvalue weighted by atomic mass is 9.92. The number of carboxylic acids is 1. The van der Waals surface area contributed by atoms with Gasteiger partial charge in [0.1, 0.15) is 0 Å². The summed E-state index contributed by atoms with van der Waals surface area (Å²) in [6, 6.07) is 0. The lowest BCUT2D eigenvalue weighted by Crippen LogP contribution is -2.26. The smallest absolute Gasteiger partial charge is 0.308 e. The van der Waals surface area contributed by atoms with E-state index in [1.807, 2.05) is 0 Å². The molecule has 5 nitrogen and oxygen atoms in total. The molecule has 0 aromatic rings. The Bertz CT molecular complexity index is 275. The Morgan fingerprint density at radius 1 is 1.64 bits per heavy atom. The van der Waals surface area contributed by atoms with Crippen molar-refractivity contribution in [2.75, 3.05) is 12.9 Å². The van der Waals surface area contributed by atoms with Gasteiger partial charge < -0.3 is 9.84 Å². The van der Waals surface area contributed by atoms with Crippen LogP contribution in [-0.2, 0) is 19.1 Å². The molecule has 0 spiro atoms. The first kappa shape index (κ1) is 11.0. The Balaban J connectivity index is 2.67. The Morgan fingerprint density at radius 2 is 2.29 bits per heavy atom. The van der Waals surface area contributed by atoms with Crippen molar-refractivity contribution in [2.24, 2.45) is 11.8 Å². The van der Waals surface area contributed by atoms with Gasteiger partial charge in [0.25, 0.3) is 0 Å². The second kappa shape index (κ2) is 4.45. The molecule has 0 aromatic carbocycles. The van der Waals surface area contributed by atoms with Gasteiger partial charge in [0, 0.05) is 5.75 Å². The highest BCUT2D eigenvalue weighted by molar-refractivity contribution is 8.14. The Labute approximate surface area is 84.8 Å². The molecule has 0 amide bonds. The molecule has 0 saturated carbocycles. The molecule has 2 unspecified atom stereocenters. The molecule has 0 bridgehead atoms. The zero-order valence-corrected chi connectivity index (χ0v) is 8.37. The largest absolute Gasteiger partial charge is 0.481 e. The number of hydrogen-bond donors (Lipinski definition) is 1. The fourth-order valence-electron chi connectivity index (χ4n) is 1.29. The van der Waals surface area contributed by atoms with Crippen LogP contribution in [0, 0.1) is 11.8 Å². The zero-order valence-electron chi connectivity index (χ0n) is 7.56. The number of aliphatic carboxylic acids is 1. The van der Waals surface area contributed by atoms with E-state index in [1.54, 1.807) is 0 Å². The number of methoxy groups -OCH3 is 1. The predicted octanol–water partition coefficient (Wildman–Crippen LogP) is 0.140. The lowest BCUT2D eigenvalue weighted by molar-refractivity contribution is -0.147. The fraction of sp³-hybridized carbons (Fsp3) is 0.625. The summed E-state index contributed by atoms with van der Waals surface area (Å²) in [6.45, 7) is 0. The lowest BCUT2D eigenvalue weighted by Gasteiger charge is -2.11. The van der Waals surface area contributed by atoms with Crippen molar-refractivity contribution in [2.45, 2.75) is 6.42 Å². The summed E-state index contributed by atoms with van der Waals surface area (Å²) in [4.78, 5) is 32.8. The first-order chi connectivity index (χ1) is 6.56. The summed E-state index contributed by atoms with van der Waals surface area (Å²) in [6.07, 6.45) is -0.140. The number of carbonyl (C=O) groups is 3. The van der Waals surface area contributed by atoms with E-state index in [-0.39, 0.29) is 17.3 Å². The Hall–Kier alpha value is -1.04. The average Bonchev–Trinajstić information content (AvgIpc) is 2.48.